The van der Waals surface area contributed by atoms with Gasteiger partial charge in [0.2, 0.25) is 5.91 Å². The first kappa shape index (κ1) is 12.5. The average Bonchev–Trinajstić information content (AvgIpc) is 2.18. The van der Waals surface area contributed by atoms with E-state index in [2.05, 4.69) is 6.92 Å². The fourth-order valence-corrected chi connectivity index (χ4v) is 1.91. The van der Waals surface area contributed by atoms with Crippen molar-refractivity contribution in [2.24, 2.45) is 5.73 Å². The van der Waals surface area contributed by atoms with Gasteiger partial charge in [-0.3, -0.25) is 4.79 Å². The monoisotopic (exact) mass is 214 g/mol. The van der Waals surface area contributed by atoms with Gasteiger partial charge in [0.05, 0.1) is 19.3 Å². The highest BCUT2D eigenvalue weighted by Gasteiger charge is 2.24. The second-order valence-electron chi connectivity index (χ2n) is 4.26. The molecule has 1 fully saturated rings. The minimum Gasteiger partial charge on any atom is -0.377 e. The molecule has 1 saturated heterocycles. The number of nitrogens with zero attached hydrogens (tertiary/aromatic N) is 1. The van der Waals surface area contributed by atoms with Crippen LogP contribution in [0.3, 0.4) is 0 Å². The number of carbonyl (C=O) groups is 1. The Labute approximate surface area is 91.8 Å². The van der Waals surface area contributed by atoms with Crippen LogP contribution < -0.4 is 5.73 Å². The second kappa shape index (κ2) is 6.08. The molecule has 2 unspecified atom stereocenters. The summed E-state index contributed by atoms with van der Waals surface area (Å²) in [5.41, 5.74) is 5.86. The molecule has 2 atom stereocenters. The Morgan fingerprint density at radius 1 is 1.67 bits per heavy atom. The van der Waals surface area contributed by atoms with Crippen molar-refractivity contribution in [1.82, 2.24) is 4.90 Å². The Kier molecular flexibility index (Phi) is 5.05. The molecule has 4 heteroatoms. The Balaban J connectivity index is 2.37. The Morgan fingerprint density at radius 2 is 2.40 bits per heavy atom. The number of amides is 1. The molecule has 1 amide bonds. The van der Waals surface area contributed by atoms with E-state index in [4.69, 9.17) is 10.5 Å². The molecule has 0 aliphatic carbocycles. The first-order valence-corrected chi connectivity index (χ1v) is 5.78. The fourth-order valence-electron chi connectivity index (χ4n) is 1.91. The second-order valence-corrected chi connectivity index (χ2v) is 4.26. The van der Waals surface area contributed by atoms with Gasteiger partial charge in [0.1, 0.15) is 0 Å². The van der Waals surface area contributed by atoms with Crippen LogP contribution in [-0.4, -0.2) is 42.6 Å². The standard InChI is InChI=1S/C11H22N2O2/c1-3-4-10(12)7-11(14)13-5-6-15-8-9(13)2/h9-10H,3-8,12H2,1-2H3. The molecule has 0 aromatic heterocycles. The predicted octanol–water partition coefficient (Wildman–Crippen LogP) is 0.751. The number of hydrogen-bond acceptors (Lipinski definition) is 3. The van der Waals surface area contributed by atoms with Gasteiger partial charge in [-0.05, 0) is 13.3 Å². The van der Waals surface area contributed by atoms with Crippen LogP contribution in [0.15, 0.2) is 0 Å². The van der Waals surface area contributed by atoms with Gasteiger partial charge in [0.15, 0.2) is 0 Å². The first-order chi connectivity index (χ1) is 7.15. The van der Waals surface area contributed by atoms with Gasteiger partial charge in [-0.2, -0.15) is 0 Å². The van der Waals surface area contributed by atoms with Gasteiger partial charge < -0.3 is 15.4 Å². The molecule has 4 nitrogen and oxygen atoms in total. The van der Waals surface area contributed by atoms with Gasteiger partial charge in [-0.25, -0.2) is 0 Å². The van der Waals surface area contributed by atoms with E-state index in [1.165, 1.54) is 0 Å². The topological polar surface area (TPSA) is 55.6 Å². The summed E-state index contributed by atoms with van der Waals surface area (Å²) in [5, 5.41) is 0. The van der Waals surface area contributed by atoms with E-state index in [9.17, 15) is 4.79 Å². The molecule has 15 heavy (non-hydrogen) atoms. The van der Waals surface area contributed by atoms with E-state index in [1.807, 2.05) is 11.8 Å². The number of morpholine rings is 1. The highest BCUT2D eigenvalue weighted by Crippen LogP contribution is 2.10. The summed E-state index contributed by atoms with van der Waals surface area (Å²) in [4.78, 5) is 13.8. The van der Waals surface area contributed by atoms with Crippen LogP contribution in [0.25, 0.3) is 0 Å². The summed E-state index contributed by atoms with van der Waals surface area (Å²) in [5.74, 6) is 0.173. The van der Waals surface area contributed by atoms with Crippen LogP contribution >= 0.6 is 0 Å². The molecule has 88 valence electrons. The quantitative estimate of drug-likeness (QED) is 0.751. The lowest BCUT2D eigenvalue weighted by atomic mass is 10.1. The van der Waals surface area contributed by atoms with Gasteiger partial charge in [0, 0.05) is 19.0 Å². The van der Waals surface area contributed by atoms with Crippen molar-refractivity contribution in [2.45, 2.75) is 45.2 Å². The van der Waals surface area contributed by atoms with Crippen molar-refractivity contribution in [3.63, 3.8) is 0 Å². The molecule has 1 rings (SSSR count). The highest BCUT2D eigenvalue weighted by atomic mass is 16.5. The average molecular weight is 214 g/mol. The van der Waals surface area contributed by atoms with Gasteiger partial charge >= 0.3 is 0 Å². The maximum Gasteiger partial charge on any atom is 0.224 e. The zero-order valence-corrected chi connectivity index (χ0v) is 9.74. The maximum atomic E-state index is 11.9. The molecule has 1 heterocycles. The lowest BCUT2D eigenvalue weighted by Crippen LogP contribution is -2.48. The van der Waals surface area contributed by atoms with Crippen molar-refractivity contribution in [2.75, 3.05) is 19.8 Å². The molecule has 1 aliphatic rings. The van der Waals surface area contributed by atoms with Crippen LogP contribution in [0.4, 0.5) is 0 Å². The molecule has 0 aromatic carbocycles. The Morgan fingerprint density at radius 3 is 3.00 bits per heavy atom. The van der Waals surface area contributed by atoms with E-state index in [1.54, 1.807) is 0 Å². The normalized spacial score (nSPS) is 23.9. The van der Waals surface area contributed by atoms with Gasteiger partial charge in [-0.1, -0.05) is 13.3 Å². The number of carbonyl (C=O) groups excluding carboxylic acids is 1. The number of ether oxygens (including phenoxy) is 1. The summed E-state index contributed by atoms with van der Waals surface area (Å²) in [6, 6.07) is 0.206. The number of rotatable bonds is 4. The first-order valence-electron chi connectivity index (χ1n) is 5.78. The van der Waals surface area contributed by atoms with Crippen LogP contribution in [-0.2, 0) is 9.53 Å². The van der Waals surface area contributed by atoms with E-state index in [-0.39, 0.29) is 18.0 Å². The summed E-state index contributed by atoms with van der Waals surface area (Å²) < 4.78 is 5.29. The molecular weight excluding hydrogens is 192 g/mol. The van der Waals surface area contributed by atoms with Crippen LogP contribution in [0.2, 0.25) is 0 Å². The van der Waals surface area contributed by atoms with E-state index >= 15 is 0 Å². The van der Waals surface area contributed by atoms with Crippen molar-refractivity contribution in [1.29, 1.82) is 0 Å². The van der Waals surface area contributed by atoms with Crippen LogP contribution in [0.1, 0.15) is 33.1 Å². The van der Waals surface area contributed by atoms with Crippen LogP contribution in [0, 0.1) is 0 Å². The minimum atomic E-state index is 0.0116. The van der Waals surface area contributed by atoms with E-state index in [0.717, 1.165) is 12.8 Å². The third kappa shape index (κ3) is 3.80. The zero-order valence-electron chi connectivity index (χ0n) is 9.74. The minimum absolute atomic E-state index is 0.0116. The molecule has 0 aromatic rings. The van der Waals surface area contributed by atoms with E-state index < -0.39 is 0 Å². The van der Waals surface area contributed by atoms with Crippen molar-refractivity contribution >= 4 is 5.91 Å². The predicted molar refractivity (Wildman–Crippen MR) is 59.5 cm³/mol. The lowest BCUT2D eigenvalue weighted by molar-refractivity contribution is -0.139. The number of nitrogens with two attached hydrogens (primary N) is 1. The molecule has 0 radical (unpaired) electrons. The third-order valence-electron chi connectivity index (χ3n) is 2.78. The number of hydrogen-bond donors (Lipinski definition) is 1. The molecule has 2 N–H and O–H groups in total. The van der Waals surface area contributed by atoms with E-state index in [0.29, 0.717) is 26.2 Å². The van der Waals surface area contributed by atoms with Crippen molar-refractivity contribution < 1.29 is 9.53 Å². The summed E-state index contributed by atoms with van der Waals surface area (Å²) >= 11 is 0. The molecule has 0 spiro atoms. The molecule has 1 aliphatic heterocycles. The third-order valence-corrected chi connectivity index (χ3v) is 2.78. The summed E-state index contributed by atoms with van der Waals surface area (Å²) in [7, 11) is 0. The molecular formula is C11H22N2O2. The smallest absolute Gasteiger partial charge is 0.224 e. The highest BCUT2D eigenvalue weighted by molar-refractivity contribution is 5.77. The zero-order chi connectivity index (χ0) is 11.3. The Bertz CT molecular complexity index is 209. The largest absolute Gasteiger partial charge is 0.377 e. The Hall–Kier alpha value is -0.610. The SMILES string of the molecule is CCCC(N)CC(=O)N1CCOCC1C. The van der Waals surface area contributed by atoms with Crippen molar-refractivity contribution in [3.05, 3.63) is 0 Å². The van der Waals surface area contributed by atoms with Gasteiger partial charge in [-0.15, -0.1) is 0 Å². The fraction of sp³-hybridized carbons (Fsp3) is 0.909. The van der Waals surface area contributed by atoms with Gasteiger partial charge in [0.25, 0.3) is 0 Å². The molecule has 0 saturated carbocycles. The van der Waals surface area contributed by atoms with Crippen molar-refractivity contribution in [3.8, 4) is 0 Å². The maximum absolute atomic E-state index is 11.9. The lowest BCUT2D eigenvalue weighted by Gasteiger charge is -2.34. The molecule has 0 bridgehead atoms. The summed E-state index contributed by atoms with van der Waals surface area (Å²) in [6.45, 7) is 6.11. The summed E-state index contributed by atoms with van der Waals surface area (Å²) in [6.07, 6.45) is 2.43. The van der Waals surface area contributed by atoms with Crippen LogP contribution in [0.5, 0.6) is 0 Å².